The molecule has 1 aliphatic heterocycles. The van der Waals surface area contributed by atoms with Gasteiger partial charge in [0.25, 0.3) is 11.5 Å². The van der Waals surface area contributed by atoms with Crippen molar-refractivity contribution in [2.24, 2.45) is 0 Å². The minimum atomic E-state index is -0.262. The first-order valence-corrected chi connectivity index (χ1v) is 7.45. The summed E-state index contributed by atoms with van der Waals surface area (Å²) in [5.74, 6) is 0.924. The summed E-state index contributed by atoms with van der Waals surface area (Å²) in [6.45, 7) is 1.92. The molecular formula is C18H14N2O4. The van der Waals surface area contributed by atoms with Gasteiger partial charge in [-0.2, -0.15) is 0 Å². The molecule has 2 heterocycles. The molecule has 0 fully saturated rings. The number of aromatic amines is 1. The number of anilines is 1. The second-order valence-electron chi connectivity index (χ2n) is 5.61. The Hall–Kier alpha value is -3.28. The molecule has 6 heteroatoms. The van der Waals surface area contributed by atoms with Gasteiger partial charge in [0, 0.05) is 16.8 Å². The summed E-state index contributed by atoms with van der Waals surface area (Å²) in [6.07, 6.45) is 0. The van der Waals surface area contributed by atoms with E-state index in [4.69, 9.17) is 9.47 Å². The third kappa shape index (κ3) is 2.48. The van der Waals surface area contributed by atoms with Crippen LogP contribution in [0.2, 0.25) is 0 Å². The molecule has 3 aromatic rings. The number of amides is 1. The van der Waals surface area contributed by atoms with Gasteiger partial charge in [-0.25, -0.2) is 0 Å². The Kier molecular flexibility index (Phi) is 3.23. The van der Waals surface area contributed by atoms with E-state index in [1.54, 1.807) is 37.3 Å². The van der Waals surface area contributed by atoms with Crippen molar-refractivity contribution in [3.63, 3.8) is 0 Å². The molecule has 24 heavy (non-hydrogen) atoms. The smallest absolute Gasteiger partial charge is 0.255 e. The van der Waals surface area contributed by atoms with E-state index in [0.29, 0.717) is 33.8 Å². The molecule has 0 spiro atoms. The lowest BCUT2D eigenvalue weighted by molar-refractivity contribution is 0.102. The molecule has 0 saturated heterocycles. The molecule has 1 amide bonds. The highest BCUT2D eigenvalue weighted by molar-refractivity contribution is 6.05. The molecule has 0 unspecified atom stereocenters. The lowest BCUT2D eigenvalue weighted by Gasteiger charge is -2.07. The van der Waals surface area contributed by atoms with Crippen molar-refractivity contribution in [1.82, 2.24) is 4.98 Å². The summed E-state index contributed by atoms with van der Waals surface area (Å²) < 4.78 is 10.5. The van der Waals surface area contributed by atoms with Crippen molar-refractivity contribution in [3.05, 3.63) is 63.9 Å². The molecule has 1 aliphatic rings. The maximum absolute atomic E-state index is 12.4. The average molecular weight is 322 g/mol. The van der Waals surface area contributed by atoms with Crippen LogP contribution in [0.25, 0.3) is 10.9 Å². The van der Waals surface area contributed by atoms with Gasteiger partial charge in [0.1, 0.15) is 0 Å². The normalized spacial score (nSPS) is 12.4. The van der Waals surface area contributed by atoms with Crippen molar-refractivity contribution in [2.45, 2.75) is 6.92 Å². The number of fused-ring (bicyclic) bond motifs is 2. The summed E-state index contributed by atoms with van der Waals surface area (Å²) in [5, 5.41) is 3.73. The van der Waals surface area contributed by atoms with E-state index in [0.717, 1.165) is 5.39 Å². The quantitative estimate of drug-likeness (QED) is 0.760. The van der Waals surface area contributed by atoms with E-state index < -0.39 is 0 Å². The standard InChI is InChI=1S/C18H14N2O4/c1-10-6-11-2-4-13(8-14(11)20-17(10)21)19-18(22)12-3-5-15-16(7-12)24-9-23-15/h2-8H,9H2,1H3,(H,19,22)(H,20,21). The average Bonchev–Trinajstić information content (AvgIpc) is 3.03. The predicted molar refractivity (Wildman–Crippen MR) is 89.8 cm³/mol. The first-order chi connectivity index (χ1) is 11.6. The van der Waals surface area contributed by atoms with Crippen LogP contribution in [0.3, 0.4) is 0 Å². The van der Waals surface area contributed by atoms with Crippen LogP contribution in [-0.2, 0) is 0 Å². The molecule has 2 aromatic carbocycles. The van der Waals surface area contributed by atoms with E-state index in [2.05, 4.69) is 10.3 Å². The Morgan fingerprint density at radius 2 is 1.92 bits per heavy atom. The van der Waals surface area contributed by atoms with Crippen molar-refractivity contribution in [2.75, 3.05) is 12.1 Å². The Balaban J connectivity index is 1.62. The van der Waals surface area contributed by atoms with Crippen molar-refractivity contribution in [3.8, 4) is 11.5 Å². The van der Waals surface area contributed by atoms with Crippen molar-refractivity contribution < 1.29 is 14.3 Å². The van der Waals surface area contributed by atoms with Crippen LogP contribution in [0.15, 0.2) is 47.3 Å². The van der Waals surface area contributed by atoms with Crippen LogP contribution < -0.4 is 20.3 Å². The van der Waals surface area contributed by atoms with Crippen LogP contribution in [0.1, 0.15) is 15.9 Å². The van der Waals surface area contributed by atoms with Gasteiger partial charge >= 0.3 is 0 Å². The number of nitrogens with one attached hydrogen (secondary N) is 2. The van der Waals surface area contributed by atoms with Gasteiger partial charge in [-0.05, 0) is 48.7 Å². The number of carbonyl (C=O) groups excluding carboxylic acids is 1. The summed E-state index contributed by atoms with van der Waals surface area (Å²) in [7, 11) is 0. The predicted octanol–water partition coefficient (Wildman–Crippen LogP) is 2.82. The van der Waals surface area contributed by atoms with Gasteiger partial charge in [0.05, 0.1) is 5.52 Å². The lowest BCUT2D eigenvalue weighted by Crippen LogP contribution is -2.12. The number of benzene rings is 2. The molecule has 0 saturated carbocycles. The number of ether oxygens (including phenoxy) is 2. The number of carbonyl (C=O) groups is 1. The molecule has 6 nitrogen and oxygen atoms in total. The zero-order valence-electron chi connectivity index (χ0n) is 12.9. The third-order valence-corrected chi connectivity index (χ3v) is 3.92. The fourth-order valence-electron chi connectivity index (χ4n) is 2.63. The zero-order valence-corrected chi connectivity index (χ0v) is 12.9. The highest BCUT2D eigenvalue weighted by Gasteiger charge is 2.16. The largest absolute Gasteiger partial charge is 0.454 e. The van der Waals surface area contributed by atoms with E-state index in [1.165, 1.54) is 0 Å². The fraction of sp³-hybridized carbons (Fsp3) is 0.111. The number of aryl methyl sites for hydroxylation is 1. The van der Waals surface area contributed by atoms with Crippen LogP contribution >= 0.6 is 0 Å². The monoisotopic (exact) mass is 322 g/mol. The van der Waals surface area contributed by atoms with E-state index in [-0.39, 0.29) is 18.3 Å². The topological polar surface area (TPSA) is 80.4 Å². The molecule has 0 radical (unpaired) electrons. The molecule has 0 bridgehead atoms. The SMILES string of the molecule is Cc1cc2ccc(NC(=O)c3ccc4c(c3)OCO4)cc2[nH]c1=O. The van der Waals surface area contributed by atoms with E-state index >= 15 is 0 Å². The van der Waals surface area contributed by atoms with Gasteiger partial charge in [-0.1, -0.05) is 6.07 Å². The molecule has 0 atom stereocenters. The van der Waals surface area contributed by atoms with Crippen LogP contribution in [-0.4, -0.2) is 17.7 Å². The van der Waals surface area contributed by atoms with Gasteiger partial charge in [-0.3, -0.25) is 9.59 Å². The summed E-state index contributed by atoms with van der Waals surface area (Å²) in [4.78, 5) is 26.9. The number of H-pyrrole nitrogens is 1. The molecule has 0 aliphatic carbocycles. The second-order valence-corrected chi connectivity index (χ2v) is 5.61. The minimum Gasteiger partial charge on any atom is -0.454 e. The molecule has 4 rings (SSSR count). The van der Waals surface area contributed by atoms with Crippen molar-refractivity contribution in [1.29, 1.82) is 0 Å². The maximum Gasteiger partial charge on any atom is 0.255 e. The van der Waals surface area contributed by atoms with Gasteiger partial charge < -0.3 is 19.8 Å². The van der Waals surface area contributed by atoms with Gasteiger partial charge in [-0.15, -0.1) is 0 Å². The Morgan fingerprint density at radius 1 is 1.08 bits per heavy atom. The number of hydrogen-bond donors (Lipinski definition) is 2. The Labute approximate surface area is 137 Å². The highest BCUT2D eigenvalue weighted by Crippen LogP contribution is 2.32. The maximum atomic E-state index is 12.4. The van der Waals surface area contributed by atoms with Crippen LogP contribution in [0, 0.1) is 6.92 Å². The minimum absolute atomic E-state index is 0.137. The number of pyridine rings is 1. The summed E-state index contributed by atoms with van der Waals surface area (Å²) >= 11 is 0. The van der Waals surface area contributed by atoms with Gasteiger partial charge in [0.2, 0.25) is 6.79 Å². The number of aromatic nitrogens is 1. The molecule has 1 aromatic heterocycles. The van der Waals surface area contributed by atoms with E-state index in [9.17, 15) is 9.59 Å². The Bertz CT molecular complexity index is 1020. The zero-order chi connectivity index (χ0) is 16.7. The summed E-state index contributed by atoms with van der Waals surface area (Å²) in [5.41, 5.74) is 2.26. The Morgan fingerprint density at radius 3 is 2.79 bits per heavy atom. The van der Waals surface area contributed by atoms with Crippen LogP contribution in [0.4, 0.5) is 5.69 Å². The van der Waals surface area contributed by atoms with E-state index in [1.807, 2.05) is 12.1 Å². The van der Waals surface area contributed by atoms with Crippen molar-refractivity contribution >= 4 is 22.5 Å². The first-order valence-electron chi connectivity index (χ1n) is 7.45. The van der Waals surface area contributed by atoms with Crippen LogP contribution in [0.5, 0.6) is 11.5 Å². The summed E-state index contributed by atoms with van der Waals surface area (Å²) in [6, 6.07) is 12.2. The molecular weight excluding hydrogens is 308 g/mol. The number of hydrogen-bond acceptors (Lipinski definition) is 4. The lowest BCUT2D eigenvalue weighted by atomic mass is 10.1. The number of rotatable bonds is 2. The third-order valence-electron chi connectivity index (χ3n) is 3.92. The second kappa shape index (κ2) is 5.42. The molecule has 120 valence electrons. The fourth-order valence-corrected chi connectivity index (χ4v) is 2.63. The van der Waals surface area contributed by atoms with Gasteiger partial charge in [0.15, 0.2) is 11.5 Å². The highest BCUT2D eigenvalue weighted by atomic mass is 16.7. The first kappa shape index (κ1) is 14.3. The molecule has 2 N–H and O–H groups in total.